The maximum atomic E-state index is 12.5. The van der Waals surface area contributed by atoms with Crippen molar-refractivity contribution in [1.82, 2.24) is 24.9 Å². The highest BCUT2D eigenvalue weighted by molar-refractivity contribution is 5.74. The van der Waals surface area contributed by atoms with E-state index in [1.54, 1.807) is 7.11 Å². The Hall–Kier alpha value is -1.60. The fourth-order valence-corrected chi connectivity index (χ4v) is 3.70. The van der Waals surface area contributed by atoms with Gasteiger partial charge in [-0.15, -0.1) is 0 Å². The Morgan fingerprint density at radius 3 is 2.92 bits per heavy atom. The first-order valence-corrected chi connectivity index (χ1v) is 8.92. The van der Waals surface area contributed by atoms with Gasteiger partial charge in [0.25, 0.3) is 0 Å². The van der Waals surface area contributed by atoms with E-state index in [9.17, 15) is 4.79 Å². The van der Waals surface area contributed by atoms with Crippen molar-refractivity contribution >= 4 is 6.03 Å². The Bertz CT molecular complexity index is 547. The average molecular weight is 335 g/mol. The van der Waals surface area contributed by atoms with Gasteiger partial charge in [-0.3, -0.25) is 9.58 Å². The van der Waals surface area contributed by atoms with Crippen LogP contribution in [0.5, 0.6) is 0 Å². The van der Waals surface area contributed by atoms with Gasteiger partial charge in [0.2, 0.25) is 0 Å². The molecule has 0 aromatic carbocycles. The number of nitrogens with one attached hydrogen (secondary N) is 1. The lowest BCUT2D eigenvalue weighted by atomic mass is 10.2. The molecule has 0 bridgehead atoms. The first kappa shape index (κ1) is 17.2. The first-order chi connectivity index (χ1) is 11.6. The van der Waals surface area contributed by atoms with Gasteiger partial charge in [0.1, 0.15) is 0 Å². The molecule has 1 aromatic heterocycles. The van der Waals surface area contributed by atoms with Crippen LogP contribution in [0.2, 0.25) is 0 Å². The summed E-state index contributed by atoms with van der Waals surface area (Å²) in [7, 11) is 3.69. The molecule has 134 valence electrons. The number of ether oxygens (including phenoxy) is 1. The van der Waals surface area contributed by atoms with E-state index in [0.29, 0.717) is 6.10 Å². The highest BCUT2D eigenvalue weighted by Gasteiger charge is 2.27. The molecular weight excluding hydrogens is 306 g/mol. The summed E-state index contributed by atoms with van der Waals surface area (Å²) in [6.07, 6.45) is 8.28. The third-order valence-corrected chi connectivity index (χ3v) is 5.09. The van der Waals surface area contributed by atoms with E-state index in [1.165, 1.54) is 5.56 Å². The van der Waals surface area contributed by atoms with E-state index in [2.05, 4.69) is 21.5 Å². The molecule has 0 radical (unpaired) electrons. The zero-order chi connectivity index (χ0) is 16.9. The van der Waals surface area contributed by atoms with Gasteiger partial charge in [-0.05, 0) is 25.7 Å². The predicted molar refractivity (Wildman–Crippen MR) is 91.6 cm³/mol. The molecule has 1 aromatic rings. The first-order valence-electron chi connectivity index (χ1n) is 8.92. The lowest BCUT2D eigenvalue weighted by Crippen LogP contribution is -2.45. The van der Waals surface area contributed by atoms with Gasteiger partial charge in [-0.25, -0.2) is 4.79 Å². The van der Waals surface area contributed by atoms with E-state index >= 15 is 0 Å². The molecule has 1 saturated heterocycles. The molecular formula is C17H29N5O2. The smallest absolute Gasteiger partial charge is 0.317 e. The summed E-state index contributed by atoms with van der Waals surface area (Å²) in [4.78, 5) is 16.9. The van der Waals surface area contributed by atoms with Crippen LogP contribution in [-0.4, -0.2) is 71.0 Å². The Morgan fingerprint density at radius 2 is 2.21 bits per heavy atom. The summed E-state index contributed by atoms with van der Waals surface area (Å²) in [5.74, 6) is 0. The van der Waals surface area contributed by atoms with Crippen molar-refractivity contribution in [2.24, 2.45) is 7.05 Å². The van der Waals surface area contributed by atoms with Crippen molar-refractivity contribution in [3.63, 3.8) is 0 Å². The number of rotatable bonds is 4. The van der Waals surface area contributed by atoms with Crippen LogP contribution in [0.1, 0.15) is 31.2 Å². The number of amides is 2. The molecule has 1 aliphatic carbocycles. The number of methoxy groups -OCH3 is 1. The maximum absolute atomic E-state index is 12.5. The van der Waals surface area contributed by atoms with Crippen molar-refractivity contribution in [3.05, 3.63) is 18.0 Å². The molecule has 2 heterocycles. The minimum atomic E-state index is 0.0833. The molecule has 7 heteroatoms. The molecule has 0 unspecified atom stereocenters. The van der Waals surface area contributed by atoms with E-state index in [4.69, 9.17) is 4.74 Å². The lowest BCUT2D eigenvalue weighted by molar-refractivity contribution is 0.107. The molecule has 1 N–H and O–H groups in total. The number of carbonyl (C=O) groups excluding carboxylic acids is 1. The highest BCUT2D eigenvalue weighted by atomic mass is 16.5. The van der Waals surface area contributed by atoms with Crippen molar-refractivity contribution < 1.29 is 9.53 Å². The quantitative estimate of drug-likeness (QED) is 0.898. The number of hydrogen-bond acceptors (Lipinski definition) is 4. The monoisotopic (exact) mass is 335 g/mol. The van der Waals surface area contributed by atoms with Crippen LogP contribution in [-0.2, 0) is 18.3 Å². The molecule has 0 spiro atoms. The minimum absolute atomic E-state index is 0.0833. The van der Waals surface area contributed by atoms with Crippen LogP contribution in [0.4, 0.5) is 4.79 Å². The molecule has 1 saturated carbocycles. The third kappa shape index (κ3) is 4.48. The van der Waals surface area contributed by atoms with Gasteiger partial charge in [-0.1, -0.05) is 0 Å². The van der Waals surface area contributed by atoms with Crippen LogP contribution in [0.3, 0.4) is 0 Å². The van der Waals surface area contributed by atoms with Crippen LogP contribution in [0.25, 0.3) is 0 Å². The van der Waals surface area contributed by atoms with Gasteiger partial charge in [0.05, 0.1) is 12.3 Å². The Labute approximate surface area is 143 Å². The summed E-state index contributed by atoms with van der Waals surface area (Å²) in [5, 5.41) is 7.41. The van der Waals surface area contributed by atoms with E-state index in [0.717, 1.165) is 58.4 Å². The summed E-state index contributed by atoms with van der Waals surface area (Å²) in [5.41, 5.74) is 1.23. The van der Waals surface area contributed by atoms with Crippen molar-refractivity contribution in [2.75, 3.05) is 33.3 Å². The molecule has 2 atom stereocenters. The zero-order valence-electron chi connectivity index (χ0n) is 14.8. The fraction of sp³-hybridized carbons (Fsp3) is 0.765. The van der Waals surface area contributed by atoms with Crippen molar-refractivity contribution in [3.8, 4) is 0 Å². The molecule has 7 nitrogen and oxygen atoms in total. The summed E-state index contributed by atoms with van der Waals surface area (Å²) in [6.45, 7) is 4.45. The second-order valence-electron chi connectivity index (χ2n) is 6.96. The van der Waals surface area contributed by atoms with Crippen LogP contribution in [0.15, 0.2) is 12.4 Å². The van der Waals surface area contributed by atoms with E-state index < -0.39 is 0 Å². The minimum Gasteiger partial charge on any atom is -0.381 e. The number of urea groups is 1. The normalized spacial score (nSPS) is 25.7. The molecule has 2 amide bonds. The molecule has 24 heavy (non-hydrogen) atoms. The molecule has 2 aliphatic rings. The average Bonchev–Trinajstić information content (AvgIpc) is 3.11. The molecule has 3 rings (SSSR count). The van der Waals surface area contributed by atoms with Gasteiger partial charge in [-0.2, -0.15) is 5.10 Å². The van der Waals surface area contributed by atoms with Crippen molar-refractivity contribution in [1.29, 1.82) is 0 Å². The fourth-order valence-electron chi connectivity index (χ4n) is 3.70. The largest absolute Gasteiger partial charge is 0.381 e. The summed E-state index contributed by atoms with van der Waals surface area (Å²) >= 11 is 0. The number of nitrogens with zero attached hydrogens (tertiary/aromatic N) is 4. The molecule has 2 fully saturated rings. The topological polar surface area (TPSA) is 62.6 Å². The summed E-state index contributed by atoms with van der Waals surface area (Å²) in [6, 6.07) is 0.345. The zero-order valence-corrected chi connectivity index (χ0v) is 14.8. The van der Waals surface area contributed by atoms with E-state index in [1.807, 2.05) is 22.8 Å². The Morgan fingerprint density at radius 1 is 1.33 bits per heavy atom. The van der Waals surface area contributed by atoms with Gasteiger partial charge in [0.15, 0.2) is 0 Å². The van der Waals surface area contributed by atoms with Gasteiger partial charge >= 0.3 is 6.03 Å². The van der Waals surface area contributed by atoms with Crippen LogP contribution in [0, 0.1) is 0 Å². The van der Waals surface area contributed by atoms with Gasteiger partial charge in [0, 0.05) is 64.7 Å². The van der Waals surface area contributed by atoms with Crippen LogP contribution >= 0.6 is 0 Å². The SMILES string of the molecule is CO[C@H]1CC[C@H](NC(=O)N2CCCN(Cc3cnn(C)c3)CC2)C1. The van der Waals surface area contributed by atoms with Gasteiger partial charge < -0.3 is 15.0 Å². The maximum Gasteiger partial charge on any atom is 0.317 e. The second-order valence-corrected chi connectivity index (χ2v) is 6.96. The van der Waals surface area contributed by atoms with E-state index in [-0.39, 0.29) is 12.1 Å². The predicted octanol–water partition coefficient (Wildman–Crippen LogP) is 1.20. The Balaban J connectivity index is 1.45. The number of carbonyl (C=O) groups is 1. The van der Waals surface area contributed by atoms with Crippen molar-refractivity contribution in [2.45, 2.75) is 44.4 Å². The molecule has 1 aliphatic heterocycles. The number of hydrogen-bond donors (Lipinski definition) is 1. The Kier molecular flexibility index (Phi) is 5.73. The standard InChI is InChI=1S/C17H29N5O2/c1-20-12-14(11-18-20)13-21-6-3-7-22(9-8-21)17(23)19-15-4-5-16(10-15)24-2/h11-12,15-16H,3-10,13H2,1-2H3,(H,19,23)/t15-,16-/m0/s1. The number of aromatic nitrogens is 2. The third-order valence-electron chi connectivity index (χ3n) is 5.09. The van der Waals surface area contributed by atoms with Crippen LogP contribution < -0.4 is 5.32 Å². The highest BCUT2D eigenvalue weighted by Crippen LogP contribution is 2.21. The number of aryl methyl sites for hydroxylation is 1. The second kappa shape index (κ2) is 7.98. The summed E-state index contributed by atoms with van der Waals surface area (Å²) < 4.78 is 7.22. The lowest BCUT2D eigenvalue weighted by Gasteiger charge is -2.24.